The quantitative estimate of drug-likeness (QED) is 0.382. The molecule has 7 nitrogen and oxygen atoms in total. The molecule has 0 radical (unpaired) electrons. The molecule has 0 aromatic carbocycles. The predicted molar refractivity (Wildman–Crippen MR) is 81.9 cm³/mol. The average Bonchev–Trinajstić information content (AvgIpc) is 2.52. The van der Waals surface area contributed by atoms with Gasteiger partial charge in [-0.1, -0.05) is 25.1 Å². The number of nitrogens with one attached hydrogen (secondary N) is 1. The minimum absolute atomic E-state index is 0.0868. The number of amides is 4. The van der Waals surface area contributed by atoms with Crippen molar-refractivity contribution in [1.29, 1.82) is 0 Å². The van der Waals surface area contributed by atoms with Crippen molar-refractivity contribution in [3.8, 4) is 0 Å². The third kappa shape index (κ3) is 3.51. The highest BCUT2D eigenvalue weighted by Crippen LogP contribution is 2.15. The van der Waals surface area contributed by atoms with Gasteiger partial charge in [0.2, 0.25) is 0 Å². The van der Waals surface area contributed by atoms with E-state index >= 15 is 0 Å². The van der Waals surface area contributed by atoms with Crippen LogP contribution in [-0.2, 0) is 9.59 Å². The van der Waals surface area contributed by atoms with Gasteiger partial charge in [-0.3, -0.25) is 19.8 Å². The number of unbranched alkanes of at least 4 members (excludes halogenated alkanes) is 1. The van der Waals surface area contributed by atoms with Crippen molar-refractivity contribution >= 4 is 35.7 Å². The fourth-order valence-corrected chi connectivity index (χ4v) is 2.20. The maximum absolute atomic E-state index is 12.3. The zero-order chi connectivity index (χ0) is 16.1. The molecule has 8 heteroatoms. The first-order valence-electron chi connectivity index (χ1n) is 6.81. The Morgan fingerprint density at radius 1 is 1.27 bits per heavy atom. The molecule has 1 saturated heterocycles. The molecular weight excluding hydrogens is 304 g/mol. The molecule has 2 heterocycles. The summed E-state index contributed by atoms with van der Waals surface area (Å²) in [6.45, 7) is 2.24. The molecule has 1 aromatic heterocycles. The summed E-state index contributed by atoms with van der Waals surface area (Å²) in [5, 5.41) is 2.77. The number of hydrogen-bond donors (Lipinski definition) is 1. The Bertz CT molecular complexity index is 627. The lowest BCUT2D eigenvalue weighted by Gasteiger charge is -2.26. The number of carbonyl (C=O) groups is 3. The van der Waals surface area contributed by atoms with Gasteiger partial charge >= 0.3 is 6.03 Å². The van der Waals surface area contributed by atoms with Crippen molar-refractivity contribution in [2.24, 2.45) is 0 Å². The second-order valence-electron chi connectivity index (χ2n) is 4.63. The zero-order valence-electron chi connectivity index (χ0n) is 12.3. The number of carbonyl (C=O) groups excluding carboxylic acids is 3. The highest BCUT2D eigenvalue weighted by molar-refractivity contribution is 7.98. The van der Waals surface area contributed by atoms with Crippen LogP contribution in [-0.4, -0.2) is 45.5 Å². The molecule has 4 amide bonds. The molecular formula is C14H16N4O3S. The highest BCUT2D eigenvalue weighted by Gasteiger charge is 2.35. The Morgan fingerprint density at radius 3 is 2.55 bits per heavy atom. The SMILES string of the molecule is CCCCN1C(=O)NC(=O)C(=Cc2cnc(SC)nc2)C1=O. The van der Waals surface area contributed by atoms with Crippen LogP contribution < -0.4 is 5.32 Å². The third-order valence-electron chi connectivity index (χ3n) is 3.06. The van der Waals surface area contributed by atoms with E-state index < -0.39 is 17.8 Å². The fraction of sp³-hybridized carbons (Fsp3) is 0.357. The first kappa shape index (κ1) is 16.2. The maximum atomic E-state index is 12.3. The molecule has 0 bridgehead atoms. The molecule has 2 rings (SSSR count). The standard InChI is InChI=1S/C14H16N4O3S/c1-3-4-5-18-12(20)10(11(19)17-14(18)21)6-9-7-15-13(22-2)16-8-9/h6-8H,3-5H2,1-2H3,(H,17,19,21). The average molecular weight is 320 g/mol. The maximum Gasteiger partial charge on any atom is 0.331 e. The monoisotopic (exact) mass is 320 g/mol. The van der Waals surface area contributed by atoms with Crippen LogP contribution in [0.15, 0.2) is 23.1 Å². The summed E-state index contributed by atoms with van der Waals surface area (Å²) in [6, 6.07) is -0.672. The molecule has 0 spiro atoms. The van der Waals surface area contributed by atoms with Crippen LogP contribution in [0.4, 0.5) is 4.79 Å². The molecule has 116 valence electrons. The number of aromatic nitrogens is 2. The summed E-state index contributed by atoms with van der Waals surface area (Å²) in [5.74, 6) is -1.28. The lowest BCUT2D eigenvalue weighted by atomic mass is 10.1. The van der Waals surface area contributed by atoms with Gasteiger partial charge in [0.1, 0.15) is 5.57 Å². The van der Waals surface area contributed by atoms with Gasteiger partial charge < -0.3 is 0 Å². The summed E-state index contributed by atoms with van der Waals surface area (Å²) in [4.78, 5) is 45.1. The van der Waals surface area contributed by atoms with Crippen molar-refractivity contribution in [2.45, 2.75) is 24.9 Å². The Labute approximate surface area is 132 Å². The summed E-state index contributed by atoms with van der Waals surface area (Å²) in [7, 11) is 0. The van der Waals surface area contributed by atoms with Gasteiger partial charge in [-0.2, -0.15) is 0 Å². The van der Waals surface area contributed by atoms with E-state index in [1.54, 1.807) is 0 Å². The topological polar surface area (TPSA) is 92.3 Å². The summed E-state index contributed by atoms with van der Waals surface area (Å²) < 4.78 is 0. The van der Waals surface area contributed by atoms with Crippen LogP contribution in [0.3, 0.4) is 0 Å². The summed E-state index contributed by atoms with van der Waals surface area (Å²) in [5.41, 5.74) is 0.442. The molecule has 1 aromatic rings. The van der Waals surface area contributed by atoms with Crippen LogP contribution in [0.25, 0.3) is 6.08 Å². The number of hydrogen-bond acceptors (Lipinski definition) is 6. The summed E-state index contributed by atoms with van der Waals surface area (Å²) in [6.07, 6.45) is 7.83. The van der Waals surface area contributed by atoms with Crippen LogP contribution >= 0.6 is 11.8 Å². The lowest BCUT2D eigenvalue weighted by Crippen LogP contribution is -2.54. The van der Waals surface area contributed by atoms with Crippen molar-refractivity contribution < 1.29 is 14.4 Å². The van der Waals surface area contributed by atoms with Gasteiger partial charge in [-0.25, -0.2) is 14.8 Å². The third-order valence-corrected chi connectivity index (χ3v) is 3.64. The van der Waals surface area contributed by atoms with E-state index in [2.05, 4.69) is 15.3 Å². The predicted octanol–water partition coefficient (Wildman–Crippen LogP) is 1.46. The molecule has 0 unspecified atom stereocenters. The van der Waals surface area contributed by atoms with Crippen molar-refractivity contribution in [3.63, 3.8) is 0 Å². The molecule has 1 fully saturated rings. The fourth-order valence-electron chi connectivity index (χ4n) is 1.89. The van der Waals surface area contributed by atoms with Crippen molar-refractivity contribution in [2.75, 3.05) is 12.8 Å². The molecule has 1 N–H and O–H groups in total. The lowest BCUT2D eigenvalue weighted by molar-refractivity contribution is -0.130. The second kappa shape index (κ2) is 7.17. The van der Waals surface area contributed by atoms with Crippen molar-refractivity contribution in [1.82, 2.24) is 20.2 Å². The van der Waals surface area contributed by atoms with Gasteiger partial charge in [0.25, 0.3) is 11.8 Å². The van der Waals surface area contributed by atoms with Crippen LogP contribution in [0, 0.1) is 0 Å². The first-order chi connectivity index (χ1) is 10.6. The first-order valence-corrected chi connectivity index (χ1v) is 8.04. The molecule has 22 heavy (non-hydrogen) atoms. The van der Waals surface area contributed by atoms with Crippen LogP contribution in [0.5, 0.6) is 0 Å². The summed E-state index contributed by atoms with van der Waals surface area (Å²) >= 11 is 1.39. The number of barbiturate groups is 1. The Kier molecular flexibility index (Phi) is 5.26. The molecule has 1 aliphatic rings. The van der Waals surface area contributed by atoms with Gasteiger partial charge in [0, 0.05) is 24.5 Å². The molecule has 0 saturated carbocycles. The Hall–Kier alpha value is -2.22. The van der Waals surface area contributed by atoms with Gasteiger partial charge in [0.15, 0.2) is 5.16 Å². The van der Waals surface area contributed by atoms with Crippen LogP contribution in [0.1, 0.15) is 25.3 Å². The molecule has 1 aliphatic heterocycles. The zero-order valence-corrected chi connectivity index (χ0v) is 13.1. The number of nitrogens with zero attached hydrogens (tertiary/aromatic N) is 3. The van der Waals surface area contributed by atoms with E-state index in [1.165, 1.54) is 30.2 Å². The number of urea groups is 1. The van der Waals surface area contributed by atoms with E-state index in [0.29, 0.717) is 17.1 Å². The number of rotatable bonds is 5. The van der Waals surface area contributed by atoms with Gasteiger partial charge in [0.05, 0.1) is 0 Å². The Morgan fingerprint density at radius 2 is 1.95 bits per heavy atom. The smallest absolute Gasteiger partial charge is 0.273 e. The van der Waals surface area contributed by atoms with Crippen molar-refractivity contribution in [3.05, 3.63) is 23.5 Å². The van der Waals surface area contributed by atoms with E-state index in [0.717, 1.165) is 11.3 Å². The minimum atomic E-state index is -0.698. The normalized spacial score (nSPS) is 17.1. The number of imide groups is 2. The molecule has 0 aliphatic carbocycles. The Balaban J connectivity index is 2.26. The second-order valence-corrected chi connectivity index (χ2v) is 5.40. The van der Waals surface area contributed by atoms with Gasteiger partial charge in [-0.15, -0.1) is 0 Å². The van der Waals surface area contributed by atoms with Gasteiger partial charge in [-0.05, 0) is 18.8 Å². The minimum Gasteiger partial charge on any atom is -0.273 e. The van der Waals surface area contributed by atoms with E-state index in [4.69, 9.17) is 0 Å². The molecule has 0 atom stereocenters. The van der Waals surface area contributed by atoms with E-state index in [9.17, 15) is 14.4 Å². The largest absolute Gasteiger partial charge is 0.331 e. The highest BCUT2D eigenvalue weighted by atomic mass is 32.2. The van der Waals surface area contributed by atoms with E-state index in [-0.39, 0.29) is 12.1 Å². The van der Waals surface area contributed by atoms with E-state index in [1.807, 2.05) is 13.2 Å². The van der Waals surface area contributed by atoms with Crippen LogP contribution in [0.2, 0.25) is 0 Å². The number of thioether (sulfide) groups is 1.